The van der Waals surface area contributed by atoms with Crippen LogP contribution in [0.4, 0.5) is 4.39 Å². The van der Waals surface area contributed by atoms with Crippen LogP contribution in [0.25, 0.3) is 0 Å². The van der Waals surface area contributed by atoms with Crippen molar-refractivity contribution in [3.63, 3.8) is 0 Å². The van der Waals surface area contributed by atoms with Gasteiger partial charge in [0.25, 0.3) is 0 Å². The molecular formula is C15H13FO4. The van der Waals surface area contributed by atoms with Crippen molar-refractivity contribution in [1.82, 2.24) is 0 Å². The van der Waals surface area contributed by atoms with Crippen molar-refractivity contribution in [2.24, 2.45) is 0 Å². The Balaban J connectivity index is 2.07. The molecule has 0 heterocycles. The molecule has 104 valence electrons. The lowest BCUT2D eigenvalue weighted by Gasteiger charge is -2.08. The number of halogens is 1. The van der Waals surface area contributed by atoms with Gasteiger partial charge in [0.15, 0.2) is 0 Å². The number of aromatic carboxylic acids is 1. The molecule has 1 N–H and O–H groups in total. The molecule has 2 aromatic rings. The van der Waals surface area contributed by atoms with E-state index in [0.717, 1.165) is 6.07 Å². The van der Waals surface area contributed by atoms with Crippen LogP contribution in [0, 0.1) is 5.82 Å². The Morgan fingerprint density at radius 2 is 1.95 bits per heavy atom. The first-order chi connectivity index (χ1) is 9.60. The van der Waals surface area contributed by atoms with Gasteiger partial charge in [-0.15, -0.1) is 0 Å². The van der Waals surface area contributed by atoms with Crippen molar-refractivity contribution >= 4 is 5.97 Å². The minimum atomic E-state index is -1.29. The number of rotatable bonds is 5. The fraction of sp³-hybridized carbons (Fsp3) is 0.133. The minimum Gasteiger partial charge on any atom is -0.497 e. The zero-order valence-electron chi connectivity index (χ0n) is 10.8. The van der Waals surface area contributed by atoms with Gasteiger partial charge in [-0.1, -0.05) is 12.1 Å². The van der Waals surface area contributed by atoms with Crippen LogP contribution in [0.5, 0.6) is 11.5 Å². The molecule has 0 spiro atoms. The smallest absolute Gasteiger partial charge is 0.338 e. The highest BCUT2D eigenvalue weighted by Crippen LogP contribution is 2.20. The van der Waals surface area contributed by atoms with Crippen molar-refractivity contribution in [1.29, 1.82) is 0 Å². The lowest BCUT2D eigenvalue weighted by atomic mass is 10.1. The number of benzene rings is 2. The Morgan fingerprint density at radius 3 is 2.60 bits per heavy atom. The van der Waals surface area contributed by atoms with Gasteiger partial charge in [-0.25, -0.2) is 9.18 Å². The molecule has 0 bridgehead atoms. The summed E-state index contributed by atoms with van der Waals surface area (Å²) < 4.78 is 24.0. The summed E-state index contributed by atoms with van der Waals surface area (Å²) in [7, 11) is 1.55. The van der Waals surface area contributed by atoms with Crippen molar-refractivity contribution in [2.75, 3.05) is 7.11 Å². The Morgan fingerprint density at radius 1 is 1.20 bits per heavy atom. The Kier molecular flexibility index (Phi) is 4.20. The molecule has 0 aromatic heterocycles. The molecule has 0 amide bonds. The van der Waals surface area contributed by atoms with Crippen LogP contribution in [-0.2, 0) is 6.61 Å². The molecule has 4 nitrogen and oxygen atoms in total. The molecule has 0 fully saturated rings. The zero-order valence-corrected chi connectivity index (χ0v) is 10.8. The maximum atomic E-state index is 13.5. The third-order valence-electron chi connectivity index (χ3n) is 2.71. The van der Waals surface area contributed by atoms with Crippen LogP contribution >= 0.6 is 0 Å². The molecule has 5 heteroatoms. The SMILES string of the molecule is COc1cccc(OCc2ccc(C(=O)O)c(F)c2)c1. The van der Waals surface area contributed by atoms with E-state index < -0.39 is 11.8 Å². The van der Waals surface area contributed by atoms with E-state index in [2.05, 4.69) is 0 Å². The van der Waals surface area contributed by atoms with Crippen LogP contribution in [0.2, 0.25) is 0 Å². The van der Waals surface area contributed by atoms with Gasteiger partial charge in [0.05, 0.1) is 12.7 Å². The second-order valence-electron chi connectivity index (χ2n) is 4.09. The molecule has 0 aliphatic rings. The van der Waals surface area contributed by atoms with Crippen LogP contribution in [-0.4, -0.2) is 18.2 Å². The molecule has 0 unspecified atom stereocenters. The molecule has 0 aliphatic heterocycles. The summed E-state index contributed by atoms with van der Waals surface area (Å²) in [6.45, 7) is 0.143. The number of carboxylic acids is 1. The van der Waals surface area contributed by atoms with Gasteiger partial charge in [0, 0.05) is 6.07 Å². The zero-order chi connectivity index (χ0) is 14.5. The quantitative estimate of drug-likeness (QED) is 0.911. The molecule has 0 aliphatic carbocycles. The van der Waals surface area contributed by atoms with E-state index in [1.807, 2.05) is 0 Å². The van der Waals surface area contributed by atoms with Gasteiger partial charge in [-0.2, -0.15) is 0 Å². The Bertz CT molecular complexity index is 625. The van der Waals surface area contributed by atoms with Crippen LogP contribution in [0.3, 0.4) is 0 Å². The predicted molar refractivity (Wildman–Crippen MR) is 70.7 cm³/mol. The summed E-state index contributed by atoms with van der Waals surface area (Å²) in [4.78, 5) is 10.7. The monoisotopic (exact) mass is 276 g/mol. The molecule has 0 saturated carbocycles. The fourth-order valence-corrected chi connectivity index (χ4v) is 1.68. The summed E-state index contributed by atoms with van der Waals surface area (Å²) in [6.07, 6.45) is 0. The number of carboxylic acid groups (broad SMARTS) is 1. The van der Waals surface area contributed by atoms with Crippen molar-refractivity contribution in [3.05, 3.63) is 59.4 Å². The standard InChI is InChI=1S/C15H13FO4/c1-19-11-3-2-4-12(8-11)20-9-10-5-6-13(15(17)18)14(16)7-10/h2-8H,9H2,1H3,(H,17,18). The largest absolute Gasteiger partial charge is 0.497 e. The Hall–Kier alpha value is -2.56. The number of hydrogen-bond donors (Lipinski definition) is 1. The van der Waals surface area contributed by atoms with E-state index in [-0.39, 0.29) is 12.2 Å². The van der Waals surface area contributed by atoms with E-state index in [9.17, 15) is 9.18 Å². The van der Waals surface area contributed by atoms with Gasteiger partial charge >= 0.3 is 5.97 Å². The molecule has 2 aromatic carbocycles. The highest BCUT2D eigenvalue weighted by molar-refractivity contribution is 5.87. The first-order valence-electron chi connectivity index (χ1n) is 5.88. The van der Waals surface area contributed by atoms with Crippen molar-refractivity contribution in [3.8, 4) is 11.5 Å². The molecule has 20 heavy (non-hydrogen) atoms. The van der Waals surface area contributed by atoms with Gasteiger partial charge in [0.2, 0.25) is 0 Å². The average molecular weight is 276 g/mol. The molecular weight excluding hydrogens is 263 g/mol. The highest BCUT2D eigenvalue weighted by Gasteiger charge is 2.10. The summed E-state index contributed by atoms with van der Waals surface area (Å²) in [6, 6.07) is 10.9. The van der Waals surface area contributed by atoms with E-state index in [4.69, 9.17) is 14.6 Å². The maximum absolute atomic E-state index is 13.5. The van der Waals surface area contributed by atoms with E-state index in [1.165, 1.54) is 12.1 Å². The molecule has 0 saturated heterocycles. The summed E-state index contributed by atoms with van der Waals surface area (Å²) in [5.41, 5.74) is 0.199. The lowest BCUT2D eigenvalue weighted by Crippen LogP contribution is -2.03. The number of ether oxygens (including phenoxy) is 2. The maximum Gasteiger partial charge on any atom is 0.338 e. The van der Waals surface area contributed by atoms with E-state index >= 15 is 0 Å². The number of hydrogen-bond acceptors (Lipinski definition) is 3. The van der Waals surface area contributed by atoms with Gasteiger partial charge in [-0.3, -0.25) is 0 Å². The molecule has 0 radical (unpaired) electrons. The summed E-state index contributed by atoms with van der Waals surface area (Å²) in [5, 5.41) is 8.74. The third kappa shape index (κ3) is 3.26. The lowest BCUT2D eigenvalue weighted by molar-refractivity contribution is 0.0692. The van der Waals surface area contributed by atoms with Crippen molar-refractivity contribution in [2.45, 2.75) is 6.61 Å². The van der Waals surface area contributed by atoms with E-state index in [0.29, 0.717) is 17.1 Å². The van der Waals surface area contributed by atoms with Crippen LogP contribution in [0.1, 0.15) is 15.9 Å². The minimum absolute atomic E-state index is 0.143. The van der Waals surface area contributed by atoms with Gasteiger partial charge in [-0.05, 0) is 29.8 Å². The van der Waals surface area contributed by atoms with Crippen LogP contribution in [0.15, 0.2) is 42.5 Å². The van der Waals surface area contributed by atoms with Crippen molar-refractivity contribution < 1.29 is 23.8 Å². The second kappa shape index (κ2) is 6.06. The topological polar surface area (TPSA) is 55.8 Å². The highest BCUT2D eigenvalue weighted by atomic mass is 19.1. The first kappa shape index (κ1) is 13.9. The van der Waals surface area contributed by atoms with Gasteiger partial charge in [0.1, 0.15) is 23.9 Å². The predicted octanol–water partition coefficient (Wildman–Crippen LogP) is 3.11. The average Bonchev–Trinajstić information content (AvgIpc) is 2.45. The Labute approximate surface area is 115 Å². The number of methoxy groups -OCH3 is 1. The summed E-state index contributed by atoms with van der Waals surface area (Å²) in [5.74, 6) is -0.811. The molecule has 0 atom stereocenters. The second-order valence-corrected chi connectivity index (χ2v) is 4.09. The molecule has 2 rings (SSSR count). The third-order valence-corrected chi connectivity index (χ3v) is 2.71. The fourth-order valence-electron chi connectivity index (χ4n) is 1.68. The van der Waals surface area contributed by atoms with E-state index in [1.54, 1.807) is 31.4 Å². The normalized spacial score (nSPS) is 10.1. The summed E-state index contributed by atoms with van der Waals surface area (Å²) >= 11 is 0. The first-order valence-corrected chi connectivity index (χ1v) is 5.88. The number of carbonyl (C=O) groups is 1. The van der Waals surface area contributed by atoms with Crippen LogP contribution < -0.4 is 9.47 Å². The van der Waals surface area contributed by atoms with Gasteiger partial charge < -0.3 is 14.6 Å².